The highest BCUT2D eigenvalue weighted by atomic mass is 16.6. The number of carbonyl (C=O) groups is 1. The van der Waals surface area contributed by atoms with Gasteiger partial charge in [0.2, 0.25) is 0 Å². The molecule has 1 aromatic rings. The zero-order valence-electron chi connectivity index (χ0n) is 13.3. The Morgan fingerprint density at radius 1 is 1.23 bits per heavy atom. The fourth-order valence-electron chi connectivity index (χ4n) is 2.50. The summed E-state index contributed by atoms with van der Waals surface area (Å²) in [6, 6.07) is 5.60. The number of rotatable bonds is 4. The maximum Gasteiger partial charge on any atom is 0.316 e. The van der Waals surface area contributed by atoms with Crippen molar-refractivity contribution in [2.45, 2.75) is 26.2 Å². The van der Waals surface area contributed by atoms with Crippen LogP contribution in [0.25, 0.3) is 0 Å². The van der Waals surface area contributed by atoms with Crippen molar-refractivity contribution in [3.05, 3.63) is 23.8 Å². The molecule has 120 valence electrons. The second kappa shape index (κ2) is 5.47. The first-order valence-electron chi connectivity index (χ1n) is 7.56. The van der Waals surface area contributed by atoms with Gasteiger partial charge in [0.05, 0.1) is 18.6 Å². The van der Waals surface area contributed by atoms with Gasteiger partial charge < -0.3 is 18.9 Å². The molecule has 0 saturated carbocycles. The standard InChI is InChI=1S/C17H22O5/c1-16(2,15(18)22-11-17(3)9-19-10-17)12-4-5-13-14(8-12)21-7-6-20-13/h4-5,8H,6-7,9-11H2,1-3H3. The summed E-state index contributed by atoms with van der Waals surface area (Å²) < 4.78 is 21.8. The lowest BCUT2D eigenvalue weighted by molar-refractivity contribution is -0.169. The van der Waals surface area contributed by atoms with E-state index in [-0.39, 0.29) is 11.4 Å². The molecule has 1 fully saturated rings. The van der Waals surface area contributed by atoms with E-state index in [0.29, 0.717) is 38.8 Å². The molecule has 0 bridgehead atoms. The third-order valence-corrected chi connectivity index (χ3v) is 4.23. The Labute approximate surface area is 130 Å². The molecule has 5 heteroatoms. The molecule has 1 aromatic carbocycles. The van der Waals surface area contributed by atoms with Crippen LogP contribution in [-0.2, 0) is 19.7 Å². The molecule has 0 aromatic heterocycles. The van der Waals surface area contributed by atoms with Crippen LogP contribution in [0.5, 0.6) is 11.5 Å². The van der Waals surface area contributed by atoms with Crippen molar-refractivity contribution in [2.24, 2.45) is 5.41 Å². The molecule has 0 atom stereocenters. The largest absolute Gasteiger partial charge is 0.486 e. The van der Waals surface area contributed by atoms with Crippen molar-refractivity contribution in [2.75, 3.05) is 33.0 Å². The van der Waals surface area contributed by atoms with Crippen LogP contribution in [0, 0.1) is 5.41 Å². The monoisotopic (exact) mass is 306 g/mol. The number of esters is 1. The van der Waals surface area contributed by atoms with Gasteiger partial charge in [-0.2, -0.15) is 0 Å². The van der Waals surface area contributed by atoms with Gasteiger partial charge in [0.15, 0.2) is 11.5 Å². The zero-order chi connectivity index (χ0) is 15.8. The molecule has 1 saturated heterocycles. The molecule has 2 aliphatic heterocycles. The first-order valence-corrected chi connectivity index (χ1v) is 7.56. The van der Waals surface area contributed by atoms with Gasteiger partial charge in [-0.25, -0.2) is 0 Å². The molecule has 0 N–H and O–H groups in total. The molecule has 0 spiro atoms. The summed E-state index contributed by atoms with van der Waals surface area (Å²) in [6.07, 6.45) is 0. The summed E-state index contributed by atoms with van der Waals surface area (Å²) in [5, 5.41) is 0. The SMILES string of the molecule is CC1(COC(=O)C(C)(C)c2ccc3c(c2)OCCO3)COC1. The lowest BCUT2D eigenvalue weighted by Crippen LogP contribution is -2.45. The predicted molar refractivity (Wildman–Crippen MR) is 80.3 cm³/mol. The summed E-state index contributed by atoms with van der Waals surface area (Å²) in [7, 11) is 0. The minimum Gasteiger partial charge on any atom is -0.486 e. The number of benzene rings is 1. The van der Waals surface area contributed by atoms with E-state index in [0.717, 1.165) is 11.3 Å². The minimum atomic E-state index is -0.739. The highest BCUT2D eigenvalue weighted by Gasteiger charge is 2.38. The second-order valence-corrected chi connectivity index (χ2v) is 6.86. The number of ether oxygens (including phenoxy) is 4. The van der Waals surface area contributed by atoms with Gasteiger partial charge in [0.25, 0.3) is 0 Å². The number of carbonyl (C=O) groups excluding carboxylic acids is 1. The van der Waals surface area contributed by atoms with Crippen LogP contribution in [0.1, 0.15) is 26.3 Å². The maximum atomic E-state index is 12.5. The summed E-state index contributed by atoms with van der Waals surface area (Å²) in [5.41, 5.74) is 0.0757. The van der Waals surface area contributed by atoms with Crippen LogP contribution in [0.3, 0.4) is 0 Å². The van der Waals surface area contributed by atoms with Gasteiger partial charge in [0, 0.05) is 5.41 Å². The van der Waals surface area contributed by atoms with Gasteiger partial charge >= 0.3 is 5.97 Å². The van der Waals surface area contributed by atoms with Crippen LogP contribution in [0.15, 0.2) is 18.2 Å². The normalized spacial score (nSPS) is 19.2. The molecule has 22 heavy (non-hydrogen) atoms. The van der Waals surface area contributed by atoms with Crippen LogP contribution in [0.4, 0.5) is 0 Å². The van der Waals surface area contributed by atoms with Crippen molar-refractivity contribution in [3.63, 3.8) is 0 Å². The average Bonchev–Trinajstić information content (AvgIpc) is 2.50. The molecule has 0 amide bonds. The Morgan fingerprint density at radius 3 is 2.55 bits per heavy atom. The molecule has 0 radical (unpaired) electrons. The van der Waals surface area contributed by atoms with E-state index in [1.54, 1.807) is 0 Å². The Balaban J connectivity index is 1.72. The summed E-state index contributed by atoms with van der Waals surface area (Å²) >= 11 is 0. The molecular formula is C17H22O5. The van der Waals surface area contributed by atoms with Crippen molar-refractivity contribution in [1.82, 2.24) is 0 Å². The van der Waals surface area contributed by atoms with E-state index in [1.807, 2.05) is 32.0 Å². The lowest BCUT2D eigenvalue weighted by atomic mass is 9.84. The minimum absolute atomic E-state index is 0.0431. The average molecular weight is 306 g/mol. The summed E-state index contributed by atoms with van der Waals surface area (Å²) in [6.45, 7) is 8.54. The fourth-order valence-corrected chi connectivity index (χ4v) is 2.50. The van der Waals surface area contributed by atoms with Crippen molar-refractivity contribution in [3.8, 4) is 11.5 Å². The maximum absolute atomic E-state index is 12.5. The molecule has 3 rings (SSSR count). The van der Waals surface area contributed by atoms with E-state index < -0.39 is 5.41 Å². The topological polar surface area (TPSA) is 54.0 Å². The molecule has 2 aliphatic rings. The lowest BCUT2D eigenvalue weighted by Gasteiger charge is -2.38. The van der Waals surface area contributed by atoms with Gasteiger partial charge in [0.1, 0.15) is 19.8 Å². The molecular weight excluding hydrogens is 284 g/mol. The van der Waals surface area contributed by atoms with Crippen LogP contribution in [-0.4, -0.2) is 39.0 Å². The third kappa shape index (κ3) is 2.77. The highest BCUT2D eigenvalue weighted by Crippen LogP contribution is 2.36. The Hall–Kier alpha value is -1.75. The molecule has 5 nitrogen and oxygen atoms in total. The van der Waals surface area contributed by atoms with Crippen molar-refractivity contribution < 1.29 is 23.7 Å². The predicted octanol–water partition coefficient (Wildman–Crippen LogP) is 2.32. The van der Waals surface area contributed by atoms with Gasteiger partial charge in [-0.15, -0.1) is 0 Å². The third-order valence-electron chi connectivity index (χ3n) is 4.23. The smallest absolute Gasteiger partial charge is 0.316 e. The van der Waals surface area contributed by atoms with E-state index in [2.05, 4.69) is 6.92 Å². The number of hydrogen-bond acceptors (Lipinski definition) is 5. The fraction of sp³-hybridized carbons (Fsp3) is 0.588. The number of hydrogen-bond donors (Lipinski definition) is 0. The van der Waals surface area contributed by atoms with E-state index >= 15 is 0 Å². The van der Waals surface area contributed by atoms with Crippen LogP contribution < -0.4 is 9.47 Å². The Kier molecular flexibility index (Phi) is 3.77. The summed E-state index contributed by atoms with van der Waals surface area (Å²) in [4.78, 5) is 12.5. The van der Waals surface area contributed by atoms with E-state index in [4.69, 9.17) is 18.9 Å². The highest BCUT2D eigenvalue weighted by molar-refractivity contribution is 5.82. The quantitative estimate of drug-likeness (QED) is 0.799. The number of fused-ring (bicyclic) bond motifs is 1. The van der Waals surface area contributed by atoms with Crippen LogP contribution >= 0.6 is 0 Å². The van der Waals surface area contributed by atoms with Crippen LogP contribution in [0.2, 0.25) is 0 Å². The van der Waals surface area contributed by atoms with Gasteiger partial charge in [-0.05, 0) is 31.5 Å². The Bertz CT molecular complexity index is 574. The van der Waals surface area contributed by atoms with Crippen molar-refractivity contribution in [1.29, 1.82) is 0 Å². The molecule has 0 aliphatic carbocycles. The zero-order valence-corrected chi connectivity index (χ0v) is 13.3. The first-order chi connectivity index (χ1) is 10.4. The Morgan fingerprint density at radius 2 is 1.91 bits per heavy atom. The second-order valence-electron chi connectivity index (χ2n) is 6.86. The molecule has 2 heterocycles. The summed E-state index contributed by atoms with van der Waals surface area (Å²) in [5.74, 6) is 1.17. The first kappa shape index (κ1) is 15.2. The van der Waals surface area contributed by atoms with Crippen molar-refractivity contribution >= 4 is 5.97 Å². The molecule has 0 unspecified atom stereocenters. The van der Waals surface area contributed by atoms with E-state index in [9.17, 15) is 4.79 Å². The van der Waals surface area contributed by atoms with Gasteiger partial charge in [-0.3, -0.25) is 4.79 Å². The van der Waals surface area contributed by atoms with Gasteiger partial charge in [-0.1, -0.05) is 13.0 Å². The van der Waals surface area contributed by atoms with E-state index in [1.165, 1.54) is 0 Å².